The molecule has 1 heterocycles. The predicted molar refractivity (Wildman–Crippen MR) is 77.7 cm³/mol. The van der Waals surface area contributed by atoms with E-state index in [1.807, 2.05) is 6.07 Å². The zero-order chi connectivity index (χ0) is 13.7. The summed E-state index contributed by atoms with van der Waals surface area (Å²) < 4.78 is 10.4. The first-order chi connectivity index (χ1) is 9.24. The van der Waals surface area contributed by atoms with Crippen molar-refractivity contribution in [3.05, 3.63) is 23.8 Å². The van der Waals surface area contributed by atoms with Gasteiger partial charge in [0.15, 0.2) is 0 Å². The van der Waals surface area contributed by atoms with E-state index in [9.17, 15) is 0 Å². The van der Waals surface area contributed by atoms with E-state index in [2.05, 4.69) is 17.0 Å². The van der Waals surface area contributed by atoms with Crippen LogP contribution in [0.15, 0.2) is 18.2 Å². The number of piperidine rings is 1. The Bertz CT molecular complexity index is 401. The summed E-state index contributed by atoms with van der Waals surface area (Å²) in [5, 5.41) is 0. The van der Waals surface area contributed by atoms with Gasteiger partial charge in [0.05, 0.1) is 19.4 Å². The van der Waals surface area contributed by atoms with Gasteiger partial charge in [-0.1, -0.05) is 6.07 Å². The molecule has 1 aromatic rings. The summed E-state index contributed by atoms with van der Waals surface area (Å²) in [5.41, 5.74) is 7.92. The topological polar surface area (TPSA) is 47.7 Å². The minimum absolute atomic E-state index is 0.619. The van der Waals surface area contributed by atoms with Gasteiger partial charge in [-0.15, -0.1) is 0 Å². The standard InChI is InChI=1S/C15H24N2O2/c1-18-10-9-17-7-5-12(6-8-17)13-3-4-14(16)15(11-13)19-2/h3-4,11-12H,5-10,16H2,1-2H3. The van der Waals surface area contributed by atoms with Gasteiger partial charge in [-0.05, 0) is 49.5 Å². The summed E-state index contributed by atoms with van der Waals surface area (Å²) >= 11 is 0. The summed E-state index contributed by atoms with van der Waals surface area (Å²) in [7, 11) is 3.43. The molecule has 1 aliphatic rings. The predicted octanol–water partition coefficient (Wildman–Crippen LogP) is 2.10. The molecule has 0 radical (unpaired) electrons. The molecule has 1 aliphatic heterocycles. The molecule has 0 atom stereocenters. The van der Waals surface area contributed by atoms with Crippen LogP contribution in [0.5, 0.6) is 5.75 Å². The summed E-state index contributed by atoms with van der Waals surface area (Å²) in [6.45, 7) is 4.13. The minimum Gasteiger partial charge on any atom is -0.495 e. The third-order valence-corrected chi connectivity index (χ3v) is 3.93. The van der Waals surface area contributed by atoms with Crippen molar-refractivity contribution in [2.24, 2.45) is 0 Å². The number of anilines is 1. The lowest BCUT2D eigenvalue weighted by Gasteiger charge is -2.32. The van der Waals surface area contributed by atoms with E-state index in [4.69, 9.17) is 15.2 Å². The van der Waals surface area contributed by atoms with Crippen molar-refractivity contribution < 1.29 is 9.47 Å². The van der Waals surface area contributed by atoms with Gasteiger partial charge in [-0.25, -0.2) is 0 Å². The Morgan fingerprint density at radius 1 is 1.26 bits per heavy atom. The SMILES string of the molecule is COCCN1CCC(c2ccc(N)c(OC)c2)CC1. The van der Waals surface area contributed by atoms with Crippen LogP contribution in [0.25, 0.3) is 0 Å². The van der Waals surface area contributed by atoms with Crippen LogP contribution >= 0.6 is 0 Å². The number of methoxy groups -OCH3 is 2. The number of hydrogen-bond donors (Lipinski definition) is 1. The van der Waals surface area contributed by atoms with Gasteiger partial charge < -0.3 is 20.1 Å². The maximum atomic E-state index is 5.86. The molecule has 1 saturated heterocycles. The zero-order valence-electron chi connectivity index (χ0n) is 11.9. The van der Waals surface area contributed by atoms with E-state index in [0.29, 0.717) is 11.6 Å². The number of nitrogens with zero attached hydrogens (tertiary/aromatic N) is 1. The highest BCUT2D eigenvalue weighted by Gasteiger charge is 2.20. The average molecular weight is 264 g/mol. The molecule has 1 fully saturated rings. The number of rotatable bonds is 5. The molecule has 19 heavy (non-hydrogen) atoms. The second-order valence-electron chi connectivity index (χ2n) is 5.11. The smallest absolute Gasteiger partial charge is 0.142 e. The Balaban J connectivity index is 1.94. The van der Waals surface area contributed by atoms with E-state index in [1.165, 1.54) is 18.4 Å². The molecular weight excluding hydrogens is 240 g/mol. The Hall–Kier alpha value is -1.26. The van der Waals surface area contributed by atoms with E-state index in [-0.39, 0.29) is 0 Å². The van der Waals surface area contributed by atoms with E-state index in [0.717, 1.165) is 32.0 Å². The normalized spacial score (nSPS) is 17.6. The quantitative estimate of drug-likeness (QED) is 0.827. The van der Waals surface area contributed by atoms with Crippen LogP contribution in [0.4, 0.5) is 5.69 Å². The van der Waals surface area contributed by atoms with Crippen molar-refractivity contribution in [2.75, 3.05) is 46.2 Å². The van der Waals surface area contributed by atoms with Gasteiger partial charge in [0, 0.05) is 13.7 Å². The van der Waals surface area contributed by atoms with Crippen LogP contribution in [0.2, 0.25) is 0 Å². The first kappa shape index (κ1) is 14.2. The number of hydrogen-bond acceptors (Lipinski definition) is 4. The molecule has 0 aromatic heterocycles. The molecule has 4 nitrogen and oxygen atoms in total. The van der Waals surface area contributed by atoms with Gasteiger partial charge in [0.2, 0.25) is 0 Å². The average Bonchev–Trinajstić information content (AvgIpc) is 2.46. The number of nitrogen functional groups attached to an aromatic ring is 1. The Morgan fingerprint density at radius 3 is 2.63 bits per heavy atom. The number of likely N-dealkylation sites (tertiary alicyclic amines) is 1. The number of ether oxygens (including phenoxy) is 2. The van der Waals surface area contributed by atoms with Gasteiger partial charge in [0.25, 0.3) is 0 Å². The second-order valence-corrected chi connectivity index (χ2v) is 5.11. The minimum atomic E-state index is 0.619. The molecule has 0 unspecified atom stereocenters. The lowest BCUT2D eigenvalue weighted by molar-refractivity contribution is 0.130. The molecular formula is C15H24N2O2. The van der Waals surface area contributed by atoms with Crippen LogP contribution in [0.3, 0.4) is 0 Å². The van der Waals surface area contributed by atoms with Gasteiger partial charge in [-0.2, -0.15) is 0 Å². The summed E-state index contributed by atoms with van der Waals surface area (Å²) in [6, 6.07) is 6.17. The number of benzene rings is 1. The van der Waals surface area contributed by atoms with E-state index in [1.54, 1.807) is 14.2 Å². The zero-order valence-corrected chi connectivity index (χ0v) is 11.9. The molecule has 0 bridgehead atoms. The van der Waals surface area contributed by atoms with Gasteiger partial charge in [-0.3, -0.25) is 0 Å². The first-order valence-corrected chi connectivity index (χ1v) is 6.89. The van der Waals surface area contributed by atoms with Crippen molar-refractivity contribution >= 4 is 5.69 Å². The molecule has 0 aliphatic carbocycles. The third-order valence-electron chi connectivity index (χ3n) is 3.93. The van der Waals surface area contributed by atoms with Crippen LogP contribution < -0.4 is 10.5 Å². The molecule has 106 valence electrons. The Kier molecular flexibility index (Phi) is 5.05. The Morgan fingerprint density at radius 2 is 2.00 bits per heavy atom. The van der Waals surface area contributed by atoms with Gasteiger partial charge >= 0.3 is 0 Å². The molecule has 2 N–H and O–H groups in total. The molecule has 0 saturated carbocycles. The van der Waals surface area contributed by atoms with Crippen LogP contribution in [0.1, 0.15) is 24.3 Å². The molecule has 1 aromatic carbocycles. The monoisotopic (exact) mass is 264 g/mol. The first-order valence-electron chi connectivity index (χ1n) is 6.89. The van der Waals surface area contributed by atoms with Crippen molar-refractivity contribution in [3.8, 4) is 5.75 Å². The van der Waals surface area contributed by atoms with Gasteiger partial charge in [0.1, 0.15) is 5.75 Å². The molecule has 0 spiro atoms. The largest absolute Gasteiger partial charge is 0.495 e. The Labute approximate surface area is 115 Å². The lowest BCUT2D eigenvalue weighted by atomic mass is 9.89. The van der Waals surface area contributed by atoms with Crippen LogP contribution in [-0.2, 0) is 4.74 Å². The molecule has 0 amide bonds. The van der Waals surface area contributed by atoms with E-state index >= 15 is 0 Å². The molecule has 2 rings (SSSR count). The number of nitrogens with two attached hydrogens (primary N) is 1. The summed E-state index contributed by atoms with van der Waals surface area (Å²) in [5.74, 6) is 1.41. The van der Waals surface area contributed by atoms with Crippen molar-refractivity contribution in [1.82, 2.24) is 4.90 Å². The fraction of sp³-hybridized carbons (Fsp3) is 0.600. The van der Waals surface area contributed by atoms with Crippen LogP contribution in [-0.4, -0.2) is 45.4 Å². The fourth-order valence-electron chi connectivity index (χ4n) is 2.69. The maximum absolute atomic E-state index is 5.86. The summed E-state index contributed by atoms with van der Waals surface area (Å²) in [4.78, 5) is 2.47. The van der Waals surface area contributed by atoms with Crippen LogP contribution in [0, 0.1) is 0 Å². The highest BCUT2D eigenvalue weighted by Crippen LogP contribution is 2.32. The van der Waals surface area contributed by atoms with Crippen molar-refractivity contribution in [1.29, 1.82) is 0 Å². The third kappa shape index (κ3) is 3.61. The van der Waals surface area contributed by atoms with Crippen molar-refractivity contribution in [2.45, 2.75) is 18.8 Å². The highest BCUT2D eigenvalue weighted by atomic mass is 16.5. The lowest BCUT2D eigenvalue weighted by Crippen LogP contribution is -2.35. The second kappa shape index (κ2) is 6.78. The highest BCUT2D eigenvalue weighted by molar-refractivity contribution is 5.54. The van der Waals surface area contributed by atoms with Crippen molar-refractivity contribution in [3.63, 3.8) is 0 Å². The maximum Gasteiger partial charge on any atom is 0.142 e. The summed E-state index contributed by atoms with van der Waals surface area (Å²) in [6.07, 6.45) is 2.38. The molecule has 4 heteroatoms. The fourth-order valence-corrected chi connectivity index (χ4v) is 2.69. The van der Waals surface area contributed by atoms with E-state index < -0.39 is 0 Å².